The van der Waals surface area contributed by atoms with Crippen molar-refractivity contribution in [3.63, 3.8) is 0 Å². The normalized spacial score (nSPS) is 11.3. The minimum Gasteiger partial charge on any atom is -0.490 e. The number of halogens is 1. The number of rotatable bonds is 7. The zero-order valence-corrected chi connectivity index (χ0v) is 12.1. The Morgan fingerprint density at radius 3 is 2.11 bits per heavy atom. The Kier molecular flexibility index (Phi) is 5.75. The van der Waals surface area contributed by atoms with Crippen molar-refractivity contribution < 1.29 is 17.9 Å². The number of hydrogen-bond acceptors (Lipinski definition) is 4. The van der Waals surface area contributed by atoms with Crippen molar-refractivity contribution in [1.82, 2.24) is 0 Å². The van der Waals surface area contributed by atoms with E-state index in [1.54, 1.807) is 6.07 Å². The fourth-order valence-electron chi connectivity index (χ4n) is 1.30. The molecule has 0 radical (unpaired) electrons. The first kappa shape index (κ1) is 15.1. The first-order valence-electron chi connectivity index (χ1n) is 5.83. The van der Waals surface area contributed by atoms with Crippen LogP contribution in [0.2, 0.25) is 0 Å². The highest BCUT2D eigenvalue weighted by Crippen LogP contribution is 2.31. The molecule has 102 valence electrons. The van der Waals surface area contributed by atoms with E-state index in [0.29, 0.717) is 24.7 Å². The average Bonchev–Trinajstić information content (AvgIpc) is 2.33. The predicted octanol–water partition coefficient (Wildman–Crippen LogP) is 3.19. The molecule has 0 atom stereocenters. The van der Waals surface area contributed by atoms with E-state index in [9.17, 15) is 8.42 Å². The smallest absolute Gasteiger partial charge is 0.261 e. The molecule has 0 unspecified atom stereocenters. The highest BCUT2D eigenvalue weighted by atomic mass is 35.7. The Bertz CT molecular complexity index is 485. The SMILES string of the molecule is CCCOc1ccc(S(=O)(=O)Cl)cc1OCCC. The van der Waals surface area contributed by atoms with Crippen LogP contribution in [0.5, 0.6) is 11.5 Å². The largest absolute Gasteiger partial charge is 0.490 e. The summed E-state index contributed by atoms with van der Waals surface area (Å²) in [7, 11) is 1.55. The van der Waals surface area contributed by atoms with Gasteiger partial charge in [0.2, 0.25) is 0 Å². The van der Waals surface area contributed by atoms with E-state index in [-0.39, 0.29) is 4.90 Å². The molecule has 0 fully saturated rings. The summed E-state index contributed by atoms with van der Waals surface area (Å²) >= 11 is 0. The van der Waals surface area contributed by atoms with Gasteiger partial charge < -0.3 is 9.47 Å². The second kappa shape index (κ2) is 6.85. The third kappa shape index (κ3) is 4.38. The number of hydrogen-bond donors (Lipinski definition) is 0. The van der Waals surface area contributed by atoms with Crippen molar-refractivity contribution in [1.29, 1.82) is 0 Å². The molecule has 0 amide bonds. The highest BCUT2D eigenvalue weighted by Gasteiger charge is 2.14. The monoisotopic (exact) mass is 292 g/mol. The van der Waals surface area contributed by atoms with Crippen molar-refractivity contribution in [3.8, 4) is 11.5 Å². The summed E-state index contributed by atoms with van der Waals surface area (Å²) in [5, 5.41) is 0. The molecule has 0 N–H and O–H groups in total. The third-order valence-electron chi connectivity index (χ3n) is 2.12. The van der Waals surface area contributed by atoms with Gasteiger partial charge in [-0.3, -0.25) is 0 Å². The van der Waals surface area contributed by atoms with Crippen LogP contribution in [0.4, 0.5) is 0 Å². The van der Waals surface area contributed by atoms with Gasteiger partial charge in [0.1, 0.15) is 0 Å². The van der Waals surface area contributed by atoms with Crippen molar-refractivity contribution in [2.45, 2.75) is 31.6 Å². The minimum absolute atomic E-state index is 0.0131. The van der Waals surface area contributed by atoms with Crippen molar-refractivity contribution in [2.75, 3.05) is 13.2 Å². The molecule has 0 bridgehead atoms. The zero-order chi connectivity index (χ0) is 13.6. The molecule has 4 nitrogen and oxygen atoms in total. The molecular weight excluding hydrogens is 276 g/mol. The van der Waals surface area contributed by atoms with Crippen molar-refractivity contribution >= 4 is 19.7 Å². The predicted molar refractivity (Wildman–Crippen MR) is 71.1 cm³/mol. The summed E-state index contributed by atoms with van der Waals surface area (Å²) in [6.45, 7) is 5.00. The van der Waals surface area contributed by atoms with Crippen LogP contribution in [0, 0.1) is 0 Å². The second-order valence-corrected chi connectivity index (χ2v) is 6.31. The highest BCUT2D eigenvalue weighted by molar-refractivity contribution is 8.13. The fraction of sp³-hybridized carbons (Fsp3) is 0.500. The van der Waals surface area contributed by atoms with Crippen LogP contribution >= 0.6 is 10.7 Å². The van der Waals surface area contributed by atoms with Gasteiger partial charge in [0.05, 0.1) is 18.1 Å². The van der Waals surface area contributed by atoms with Crippen LogP contribution in [0.1, 0.15) is 26.7 Å². The quantitative estimate of drug-likeness (QED) is 0.724. The van der Waals surface area contributed by atoms with Gasteiger partial charge in [-0.2, -0.15) is 0 Å². The molecule has 0 aliphatic heterocycles. The Hall–Kier alpha value is -0.940. The molecule has 6 heteroatoms. The summed E-state index contributed by atoms with van der Waals surface area (Å²) in [5.41, 5.74) is 0. The molecular formula is C12H17ClO4S. The standard InChI is InChI=1S/C12H17ClO4S/c1-3-7-16-11-6-5-10(18(13,14)15)9-12(11)17-8-4-2/h5-6,9H,3-4,7-8H2,1-2H3. The molecule has 0 aliphatic rings. The van der Waals surface area contributed by atoms with E-state index in [4.69, 9.17) is 20.2 Å². The van der Waals surface area contributed by atoms with Crippen LogP contribution in [0.3, 0.4) is 0 Å². The second-order valence-electron chi connectivity index (χ2n) is 3.74. The molecule has 0 heterocycles. The summed E-state index contributed by atoms with van der Waals surface area (Å²) < 4.78 is 33.5. The molecule has 1 aromatic carbocycles. The first-order valence-corrected chi connectivity index (χ1v) is 8.14. The molecule has 1 rings (SSSR count). The fourth-order valence-corrected chi connectivity index (χ4v) is 2.06. The van der Waals surface area contributed by atoms with Crippen molar-refractivity contribution in [2.24, 2.45) is 0 Å². The number of ether oxygens (including phenoxy) is 2. The molecule has 0 aliphatic carbocycles. The molecule has 0 saturated carbocycles. The van der Waals surface area contributed by atoms with E-state index in [0.717, 1.165) is 12.8 Å². The average molecular weight is 293 g/mol. The summed E-state index contributed by atoms with van der Waals surface area (Å²) in [6.07, 6.45) is 1.69. The topological polar surface area (TPSA) is 52.6 Å². The lowest BCUT2D eigenvalue weighted by Gasteiger charge is -2.12. The van der Waals surface area contributed by atoms with E-state index in [2.05, 4.69) is 0 Å². The Morgan fingerprint density at radius 1 is 1.06 bits per heavy atom. The lowest BCUT2D eigenvalue weighted by molar-refractivity contribution is 0.267. The Balaban J connectivity index is 3.03. The Morgan fingerprint density at radius 2 is 1.61 bits per heavy atom. The maximum atomic E-state index is 11.3. The van der Waals surface area contributed by atoms with Gasteiger partial charge in [-0.15, -0.1) is 0 Å². The van der Waals surface area contributed by atoms with Gasteiger partial charge in [-0.25, -0.2) is 8.42 Å². The van der Waals surface area contributed by atoms with E-state index in [1.807, 2.05) is 13.8 Å². The van der Waals surface area contributed by atoms with E-state index in [1.165, 1.54) is 12.1 Å². The minimum atomic E-state index is -3.75. The zero-order valence-electron chi connectivity index (χ0n) is 10.5. The first-order chi connectivity index (χ1) is 8.49. The van der Waals surface area contributed by atoms with Crippen LogP contribution in [0.15, 0.2) is 23.1 Å². The summed E-state index contributed by atoms with van der Waals surface area (Å²) in [5.74, 6) is 0.946. The molecule has 0 saturated heterocycles. The van der Waals surface area contributed by atoms with Gasteiger partial charge in [0.25, 0.3) is 9.05 Å². The van der Waals surface area contributed by atoms with E-state index >= 15 is 0 Å². The van der Waals surface area contributed by atoms with Crippen LogP contribution in [-0.2, 0) is 9.05 Å². The van der Waals surface area contributed by atoms with Gasteiger partial charge in [-0.1, -0.05) is 13.8 Å². The number of benzene rings is 1. The van der Waals surface area contributed by atoms with Gasteiger partial charge >= 0.3 is 0 Å². The summed E-state index contributed by atoms with van der Waals surface area (Å²) in [6, 6.07) is 4.37. The van der Waals surface area contributed by atoms with Crippen molar-refractivity contribution in [3.05, 3.63) is 18.2 Å². The van der Waals surface area contributed by atoms with Gasteiger partial charge in [0, 0.05) is 16.7 Å². The maximum absolute atomic E-state index is 11.3. The van der Waals surface area contributed by atoms with Crippen LogP contribution in [0.25, 0.3) is 0 Å². The van der Waals surface area contributed by atoms with E-state index < -0.39 is 9.05 Å². The molecule has 0 spiro atoms. The lowest BCUT2D eigenvalue weighted by Crippen LogP contribution is -2.02. The van der Waals surface area contributed by atoms with Crippen LogP contribution < -0.4 is 9.47 Å². The van der Waals surface area contributed by atoms with Crippen LogP contribution in [-0.4, -0.2) is 21.6 Å². The van der Waals surface area contributed by atoms with Gasteiger partial charge in [0.15, 0.2) is 11.5 Å². The molecule has 1 aromatic rings. The molecule has 18 heavy (non-hydrogen) atoms. The maximum Gasteiger partial charge on any atom is 0.261 e. The summed E-state index contributed by atoms with van der Waals surface area (Å²) in [4.78, 5) is 0.0131. The third-order valence-corrected chi connectivity index (χ3v) is 3.47. The molecule has 0 aromatic heterocycles. The Labute approximate surface area is 112 Å². The lowest BCUT2D eigenvalue weighted by atomic mass is 10.3. The van der Waals surface area contributed by atoms with Gasteiger partial charge in [-0.05, 0) is 25.0 Å².